The van der Waals surface area contributed by atoms with Crippen molar-refractivity contribution in [2.75, 3.05) is 18.0 Å². The number of nitrogens with one attached hydrogen (secondary N) is 1. The molecule has 0 bridgehead atoms. The lowest BCUT2D eigenvalue weighted by molar-refractivity contribution is -0.125. The van der Waals surface area contributed by atoms with Crippen LogP contribution in [0.15, 0.2) is 65.3 Å². The van der Waals surface area contributed by atoms with Crippen LogP contribution in [0.5, 0.6) is 0 Å². The highest BCUT2D eigenvalue weighted by Crippen LogP contribution is 2.33. The van der Waals surface area contributed by atoms with Gasteiger partial charge < -0.3 is 14.6 Å². The van der Waals surface area contributed by atoms with Crippen molar-refractivity contribution in [3.05, 3.63) is 66.5 Å². The number of carbonyl (C=O) groups excluding carboxylic acids is 1. The van der Waals surface area contributed by atoms with E-state index < -0.39 is 0 Å². The number of piperidine rings is 1. The van der Waals surface area contributed by atoms with Gasteiger partial charge in [-0.1, -0.05) is 42.5 Å². The number of amides is 1. The van der Waals surface area contributed by atoms with Gasteiger partial charge in [-0.05, 0) is 30.5 Å². The van der Waals surface area contributed by atoms with Crippen LogP contribution in [0.3, 0.4) is 0 Å². The molecular weight excluding hydrogens is 364 g/mol. The molecular formula is C23H22N4O2. The molecule has 2 aromatic heterocycles. The van der Waals surface area contributed by atoms with E-state index in [1.54, 1.807) is 6.33 Å². The fraction of sp³-hybridized carbons (Fsp3) is 0.261. The summed E-state index contributed by atoms with van der Waals surface area (Å²) in [5.41, 5.74) is 3.42. The normalized spacial score (nSPS) is 17.0. The van der Waals surface area contributed by atoms with E-state index in [0.717, 1.165) is 47.3 Å². The lowest BCUT2D eigenvalue weighted by Crippen LogP contribution is -2.43. The van der Waals surface area contributed by atoms with Gasteiger partial charge >= 0.3 is 0 Å². The van der Waals surface area contributed by atoms with Gasteiger partial charge in [0.25, 0.3) is 0 Å². The molecule has 1 saturated heterocycles. The Bertz CT molecular complexity index is 1160. The van der Waals surface area contributed by atoms with E-state index in [4.69, 9.17) is 4.42 Å². The Hall–Kier alpha value is -3.41. The smallest absolute Gasteiger partial charge is 0.225 e. The Kier molecular flexibility index (Phi) is 4.60. The average Bonchev–Trinajstić information content (AvgIpc) is 3.17. The van der Waals surface area contributed by atoms with Crippen molar-refractivity contribution in [1.82, 2.24) is 15.3 Å². The van der Waals surface area contributed by atoms with Crippen LogP contribution < -0.4 is 10.2 Å². The molecule has 2 aromatic carbocycles. The fourth-order valence-electron chi connectivity index (χ4n) is 4.05. The number of furan rings is 1. The number of anilines is 1. The molecule has 6 nitrogen and oxygen atoms in total. The average molecular weight is 386 g/mol. The number of fused-ring (bicyclic) bond motifs is 3. The third kappa shape index (κ3) is 3.42. The van der Waals surface area contributed by atoms with Gasteiger partial charge in [0, 0.05) is 25.0 Å². The molecule has 5 rings (SSSR count). The summed E-state index contributed by atoms with van der Waals surface area (Å²) in [5, 5.41) is 4.06. The van der Waals surface area contributed by atoms with Gasteiger partial charge in [0.2, 0.25) is 5.91 Å². The quantitative estimate of drug-likeness (QED) is 0.576. The lowest BCUT2D eigenvalue weighted by atomic mass is 9.97. The number of nitrogens with zero attached hydrogens (tertiary/aromatic N) is 3. The van der Waals surface area contributed by atoms with Gasteiger partial charge in [0.1, 0.15) is 17.4 Å². The van der Waals surface area contributed by atoms with Crippen LogP contribution in [0, 0.1) is 5.92 Å². The minimum absolute atomic E-state index is 0.0677. The summed E-state index contributed by atoms with van der Waals surface area (Å²) in [7, 11) is 0. The number of aromatic nitrogens is 2. The molecule has 0 aliphatic carbocycles. The first-order chi connectivity index (χ1) is 14.3. The summed E-state index contributed by atoms with van der Waals surface area (Å²) in [6.45, 7) is 2.03. The SMILES string of the molecule is O=C(NCc1ccccc1)C1CCCN(c2ncnc3c2oc2ccccc23)C1. The third-order valence-electron chi connectivity index (χ3n) is 5.54. The van der Waals surface area contributed by atoms with E-state index in [9.17, 15) is 4.79 Å². The zero-order chi connectivity index (χ0) is 19.6. The molecule has 29 heavy (non-hydrogen) atoms. The van der Waals surface area contributed by atoms with E-state index >= 15 is 0 Å². The number of benzene rings is 2. The number of carbonyl (C=O) groups is 1. The van der Waals surface area contributed by atoms with Crippen molar-refractivity contribution in [3.63, 3.8) is 0 Å². The minimum Gasteiger partial charge on any atom is -0.450 e. The maximum Gasteiger partial charge on any atom is 0.225 e. The molecule has 1 unspecified atom stereocenters. The third-order valence-corrected chi connectivity index (χ3v) is 5.54. The summed E-state index contributed by atoms with van der Waals surface area (Å²) >= 11 is 0. The minimum atomic E-state index is -0.0677. The lowest BCUT2D eigenvalue weighted by Gasteiger charge is -2.32. The molecule has 0 saturated carbocycles. The monoisotopic (exact) mass is 386 g/mol. The fourth-order valence-corrected chi connectivity index (χ4v) is 4.05. The molecule has 3 heterocycles. The molecule has 6 heteroatoms. The van der Waals surface area contributed by atoms with Gasteiger partial charge in [-0.2, -0.15) is 0 Å². The van der Waals surface area contributed by atoms with Crippen molar-refractivity contribution < 1.29 is 9.21 Å². The van der Waals surface area contributed by atoms with Crippen molar-refractivity contribution >= 4 is 33.8 Å². The van der Waals surface area contributed by atoms with Crippen molar-refractivity contribution in [3.8, 4) is 0 Å². The second-order valence-electron chi connectivity index (χ2n) is 7.46. The van der Waals surface area contributed by atoms with Gasteiger partial charge in [-0.25, -0.2) is 9.97 Å². The first-order valence-electron chi connectivity index (χ1n) is 9.98. The van der Waals surface area contributed by atoms with Gasteiger partial charge in [0.15, 0.2) is 11.4 Å². The second kappa shape index (κ2) is 7.54. The number of hydrogen-bond donors (Lipinski definition) is 1. The summed E-state index contributed by atoms with van der Waals surface area (Å²) in [5.74, 6) is 0.794. The zero-order valence-electron chi connectivity index (χ0n) is 16.0. The number of hydrogen-bond acceptors (Lipinski definition) is 5. The van der Waals surface area contributed by atoms with Gasteiger partial charge in [-0.15, -0.1) is 0 Å². The van der Waals surface area contributed by atoms with Crippen molar-refractivity contribution in [2.24, 2.45) is 5.92 Å². The van der Waals surface area contributed by atoms with E-state index in [1.807, 2.05) is 54.6 Å². The Morgan fingerprint density at radius 2 is 1.93 bits per heavy atom. The molecule has 146 valence electrons. The standard InChI is InChI=1S/C23H22N4O2/c28-23(24-13-16-7-2-1-3-8-16)17-9-6-12-27(14-17)22-21-20(25-15-26-22)18-10-4-5-11-19(18)29-21/h1-5,7-8,10-11,15,17H,6,9,12-14H2,(H,24,28). The molecule has 1 atom stereocenters. The molecule has 1 aliphatic rings. The molecule has 0 spiro atoms. The van der Waals surface area contributed by atoms with Crippen LogP contribution in [0.25, 0.3) is 22.1 Å². The molecule has 1 amide bonds. The topological polar surface area (TPSA) is 71.3 Å². The van der Waals surface area contributed by atoms with E-state index in [2.05, 4.69) is 20.2 Å². The Morgan fingerprint density at radius 1 is 1.10 bits per heavy atom. The van der Waals surface area contributed by atoms with E-state index in [1.165, 1.54) is 0 Å². The van der Waals surface area contributed by atoms with Crippen LogP contribution in [0.4, 0.5) is 5.82 Å². The van der Waals surface area contributed by atoms with Gasteiger partial charge in [-0.3, -0.25) is 4.79 Å². The molecule has 4 aromatic rings. The Balaban J connectivity index is 1.36. The molecule has 1 N–H and O–H groups in total. The van der Waals surface area contributed by atoms with Crippen LogP contribution in [0.2, 0.25) is 0 Å². The summed E-state index contributed by atoms with van der Waals surface area (Å²) in [4.78, 5) is 23.8. The first kappa shape index (κ1) is 17.7. The highest BCUT2D eigenvalue weighted by Gasteiger charge is 2.28. The summed E-state index contributed by atoms with van der Waals surface area (Å²) in [6, 6.07) is 17.9. The maximum absolute atomic E-state index is 12.8. The number of para-hydroxylation sites is 1. The largest absolute Gasteiger partial charge is 0.450 e. The van der Waals surface area contributed by atoms with Crippen molar-refractivity contribution in [2.45, 2.75) is 19.4 Å². The Morgan fingerprint density at radius 3 is 2.83 bits per heavy atom. The first-order valence-corrected chi connectivity index (χ1v) is 9.98. The molecule has 0 radical (unpaired) electrons. The molecule has 1 aliphatic heterocycles. The van der Waals surface area contributed by atoms with Crippen LogP contribution in [0.1, 0.15) is 18.4 Å². The summed E-state index contributed by atoms with van der Waals surface area (Å²) in [6.07, 6.45) is 3.40. The second-order valence-corrected chi connectivity index (χ2v) is 7.46. The number of rotatable bonds is 4. The van der Waals surface area contributed by atoms with Crippen molar-refractivity contribution in [1.29, 1.82) is 0 Å². The predicted molar refractivity (Wildman–Crippen MR) is 113 cm³/mol. The van der Waals surface area contributed by atoms with Crippen LogP contribution >= 0.6 is 0 Å². The maximum atomic E-state index is 12.8. The van der Waals surface area contributed by atoms with E-state index in [-0.39, 0.29) is 11.8 Å². The highest BCUT2D eigenvalue weighted by molar-refractivity contribution is 6.05. The van der Waals surface area contributed by atoms with Gasteiger partial charge in [0.05, 0.1) is 5.92 Å². The highest BCUT2D eigenvalue weighted by atomic mass is 16.3. The Labute approximate surface area is 168 Å². The van der Waals surface area contributed by atoms with Crippen LogP contribution in [-0.2, 0) is 11.3 Å². The van der Waals surface area contributed by atoms with Crippen LogP contribution in [-0.4, -0.2) is 29.0 Å². The summed E-state index contributed by atoms with van der Waals surface area (Å²) < 4.78 is 6.07. The van der Waals surface area contributed by atoms with E-state index in [0.29, 0.717) is 18.7 Å². The predicted octanol–water partition coefficient (Wildman–Crippen LogP) is 3.91. The molecule has 1 fully saturated rings. The zero-order valence-corrected chi connectivity index (χ0v) is 16.0.